The van der Waals surface area contributed by atoms with E-state index in [2.05, 4.69) is 17.4 Å². The second kappa shape index (κ2) is 6.15. The number of amides is 1. The van der Waals surface area contributed by atoms with Gasteiger partial charge in [0.25, 0.3) is 11.8 Å². The Morgan fingerprint density at radius 1 is 1.52 bits per heavy atom. The maximum absolute atomic E-state index is 11.9. The maximum atomic E-state index is 11.9. The van der Waals surface area contributed by atoms with E-state index in [1.807, 2.05) is 0 Å². The van der Waals surface area contributed by atoms with Gasteiger partial charge in [0.05, 0.1) is 0 Å². The van der Waals surface area contributed by atoms with E-state index in [1.54, 1.807) is 13.0 Å². The topological polar surface area (TPSA) is 102 Å². The molecule has 1 amide bonds. The summed E-state index contributed by atoms with van der Waals surface area (Å²) in [5.41, 5.74) is -1.17. The number of carboxylic acids is 1. The molecule has 1 aliphatic carbocycles. The highest BCUT2D eigenvalue weighted by Crippen LogP contribution is 2.32. The molecule has 2 N–H and O–H groups in total. The van der Waals surface area contributed by atoms with Gasteiger partial charge in [0.2, 0.25) is 0 Å². The number of carboxylic acid groups (broad SMARTS) is 1. The second-order valence-corrected chi connectivity index (χ2v) is 5.68. The molecule has 0 bridgehead atoms. The van der Waals surface area contributed by atoms with E-state index in [4.69, 9.17) is 9.26 Å². The van der Waals surface area contributed by atoms with E-state index >= 15 is 0 Å². The molecule has 1 saturated carbocycles. The molecule has 2 rings (SSSR count). The first-order chi connectivity index (χ1) is 9.91. The van der Waals surface area contributed by atoms with Gasteiger partial charge in [0, 0.05) is 6.07 Å². The number of carbonyl (C=O) groups excluding carboxylic acids is 1. The zero-order valence-corrected chi connectivity index (χ0v) is 12.2. The Hall–Kier alpha value is -2.05. The number of ether oxygens (including phenoxy) is 1. The smallest absolute Gasteiger partial charge is 0.329 e. The molecule has 1 aromatic rings. The summed E-state index contributed by atoms with van der Waals surface area (Å²) in [7, 11) is 0. The van der Waals surface area contributed by atoms with Crippen molar-refractivity contribution in [2.45, 2.75) is 45.1 Å². The lowest BCUT2D eigenvalue weighted by Gasteiger charge is -2.36. The van der Waals surface area contributed by atoms with Crippen molar-refractivity contribution < 1.29 is 24.0 Å². The van der Waals surface area contributed by atoms with Crippen LogP contribution in [0, 0.1) is 12.8 Å². The van der Waals surface area contributed by atoms with Crippen LogP contribution in [0.1, 0.15) is 38.4 Å². The van der Waals surface area contributed by atoms with Crippen LogP contribution >= 0.6 is 0 Å². The molecule has 7 heteroatoms. The summed E-state index contributed by atoms with van der Waals surface area (Å²) < 4.78 is 9.98. The fraction of sp³-hybridized carbons (Fsp3) is 0.643. The van der Waals surface area contributed by atoms with Crippen LogP contribution in [-0.2, 0) is 9.59 Å². The summed E-state index contributed by atoms with van der Waals surface area (Å²) in [6.07, 6.45) is 2.46. The van der Waals surface area contributed by atoms with Crippen molar-refractivity contribution in [2.24, 2.45) is 5.92 Å². The van der Waals surface area contributed by atoms with Crippen molar-refractivity contribution in [3.8, 4) is 5.88 Å². The van der Waals surface area contributed by atoms with Crippen LogP contribution in [-0.4, -0.2) is 34.3 Å². The zero-order chi connectivity index (χ0) is 15.5. The van der Waals surface area contributed by atoms with Crippen molar-refractivity contribution in [1.29, 1.82) is 0 Å². The lowest BCUT2D eigenvalue weighted by Crippen LogP contribution is -2.57. The monoisotopic (exact) mass is 296 g/mol. The predicted molar refractivity (Wildman–Crippen MR) is 72.9 cm³/mol. The van der Waals surface area contributed by atoms with Crippen LogP contribution in [0.3, 0.4) is 0 Å². The lowest BCUT2D eigenvalue weighted by molar-refractivity contribution is -0.150. The number of hydrogen-bond acceptors (Lipinski definition) is 5. The minimum Gasteiger partial charge on any atom is -0.480 e. The lowest BCUT2D eigenvalue weighted by atomic mass is 9.77. The number of hydrogen-bond donors (Lipinski definition) is 2. The molecule has 0 aromatic carbocycles. The Kier molecular flexibility index (Phi) is 4.50. The molecule has 1 fully saturated rings. The molecule has 1 aliphatic rings. The first kappa shape index (κ1) is 15.3. The Labute approximate surface area is 122 Å². The molecule has 21 heavy (non-hydrogen) atoms. The summed E-state index contributed by atoms with van der Waals surface area (Å²) in [5, 5.41) is 15.6. The van der Waals surface area contributed by atoms with E-state index in [0.717, 1.165) is 12.8 Å². The van der Waals surface area contributed by atoms with E-state index in [0.29, 0.717) is 24.5 Å². The molecule has 0 saturated heterocycles. The van der Waals surface area contributed by atoms with Gasteiger partial charge in [-0.1, -0.05) is 6.92 Å². The van der Waals surface area contributed by atoms with Gasteiger partial charge >= 0.3 is 5.97 Å². The fourth-order valence-electron chi connectivity index (χ4n) is 2.50. The largest absolute Gasteiger partial charge is 0.480 e. The molecule has 1 aromatic heterocycles. The SMILES string of the molecule is Cc1cc(OCC(=O)NC2(C(=O)O)CCC(C)CC2)no1. The van der Waals surface area contributed by atoms with Gasteiger partial charge in [-0.15, -0.1) is 0 Å². The van der Waals surface area contributed by atoms with E-state index < -0.39 is 17.4 Å². The molecule has 0 radical (unpaired) electrons. The third-order valence-electron chi connectivity index (χ3n) is 3.87. The number of carbonyl (C=O) groups is 2. The third kappa shape index (κ3) is 3.74. The van der Waals surface area contributed by atoms with Crippen molar-refractivity contribution in [1.82, 2.24) is 10.5 Å². The molecule has 7 nitrogen and oxygen atoms in total. The van der Waals surface area contributed by atoms with Gasteiger partial charge in [-0.2, -0.15) is 0 Å². The number of aromatic nitrogens is 1. The predicted octanol–water partition coefficient (Wildman–Crippen LogP) is 1.51. The number of aryl methyl sites for hydroxylation is 1. The third-order valence-corrected chi connectivity index (χ3v) is 3.87. The molecule has 0 aliphatic heterocycles. The average molecular weight is 296 g/mol. The van der Waals surface area contributed by atoms with Crippen LogP contribution in [0.15, 0.2) is 10.6 Å². The summed E-state index contributed by atoms with van der Waals surface area (Å²) in [5.74, 6) is -0.172. The highest BCUT2D eigenvalue weighted by atomic mass is 16.5. The van der Waals surface area contributed by atoms with Crippen molar-refractivity contribution in [3.05, 3.63) is 11.8 Å². The first-order valence-electron chi connectivity index (χ1n) is 7.02. The Morgan fingerprint density at radius 3 is 2.71 bits per heavy atom. The van der Waals surface area contributed by atoms with Gasteiger partial charge in [-0.05, 0) is 43.7 Å². The first-order valence-corrected chi connectivity index (χ1v) is 7.02. The molecular weight excluding hydrogens is 276 g/mol. The van der Waals surface area contributed by atoms with Crippen LogP contribution < -0.4 is 10.1 Å². The van der Waals surface area contributed by atoms with Crippen LogP contribution in [0.5, 0.6) is 5.88 Å². The van der Waals surface area contributed by atoms with Crippen LogP contribution in [0.4, 0.5) is 0 Å². The maximum Gasteiger partial charge on any atom is 0.329 e. The van der Waals surface area contributed by atoms with Crippen molar-refractivity contribution >= 4 is 11.9 Å². The minimum absolute atomic E-state index is 0.212. The van der Waals surface area contributed by atoms with E-state index in [1.165, 1.54) is 0 Å². The summed E-state index contributed by atoms with van der Waals surface area (Å²) >= 11 is 0. The summed E-state index contributed by atoms with van der Waals surface area (Å²) in [6.45, 7) is 3.52. The van der Waals surface area contributed by atoms with Crippen LogP contribution in [0.25, 0.3) is 0 Å². The molecule has 116 valence electrons. The Morgan fingerprint density at radius 2 is 2.19 bits per heavy atom. The second-order valence-electron chi connectivity index (χ2n) is 5.68. The molecule has 0 atom stereocenters. The molecule has 1 heterocycles. The number of nitrogens with zero attached hydrogens (tertiary/aromatic N) is 1. The molecule has 0 spiro atoms. The summed E-state index contributed by atoms with van der Waals surface area (Å²) in [4.78, 5) is 23.4. The fourth-order valence-corrected chi connectivity index (χ4v) is 2.50. The normalized spacial score (nSPS) is 25.3. The van der Waals surface area contributed by atoms with Gasteiger partial charge < -0.3 is 19.7 Å². The van der Waals surface area contributed by atoms with E-state index in [9.17, 15) is 14.7 Å². The van der Waals surface area contributed by atoms with Crippen LogP contribution in [0.2, 0.25) is 0 Å². The van der Waals surface area contributed by atoms with Crippen molar-refractivity contribution in [3.63, 3.8) is 0 Å². The van der Waals surface area contributed by atoms with Gasteiger partial charge in [-0.25, -0.2) is 4.79 Å². The number of nitrogens with one attached hydrogen (secondary N) is 1. The quantitative estimate of drug-likeness (QED) is 0.854. The Balaban J connectivity index is 1.91. The number of aliphatic carboxylic acids is 1. The highest BCUT2D eigenvalue weighted by Gasteiger charge is 2.42. The Bertz CT molecular complexity index is 517. The average Bonchev–Trinajstić information content (AvgIpc) is 2.85. The van der Waals surface area contributed by atoms with Gasteiger partial charge in [0.1, 0.15) is 11.3 Å². The highest BCUT2D eigenvalue weighted by molar-refractivity contribution is 5.87. The number of rotatable bonds is 5. The summed E-state index contributed by atoms with van der Waals surface area (Å²) in [6, 6.07) is 1.56. The standard InChI is InChI=1S/C14H20N2O5/c1-9-3-5-14(6-4-9,13(18)19)15-11(17)8-20-12-7-10(2)21-16-12/h7,9H,3-6,8H2,1-2H3,(H,15,17)(H,18,19). The van der Waals surface area contributed by atoms with E-state index in [-0.39, 0.29) is 12.5 Å². The van der Waals surface area contributed by atoms with Gasteiger partial charge in [0.15, 0.2) is 6.61 Å². The zero-order valence-electron chi connectivity index (χ0n) is 12.2. The molecule has 0 unspecified atom stereocenters. The minimum atomic E-state index is -1.17. The van der Waals surface area contributed by atoms with Gasteiger partial charge in [-0.3, -0.25) is 4.79 Å². The van der Waals surface area contributed by atoms with Crippen molar-refractivity contribution in [2.75, 3.05) is 6.61 Å². The molecular formula is C14H20N2O5.